The summed E-state index contributed by atoms with van der Waals surface area (Å²) in [6.45, 7) is 3.34. The maximum atomic E-state index is 12.3. The van der Waals surface area contributed by atoms with Gasteiger partial charge in [0.15, 0.2) is 0 Å². The molecule has 20 heavy (non-hydrogen) atoms. The first kappa shape index (κ1) is 12.6. The second-order valence-electron chi connectivity index (χ2n) is 4.63. The minimum absolute atomic E-state index is 0.232. The fourth-order valence-electron chi connectivity index (χ4n) is 2.29. The van der Waals surface area contributed by atoms with E-state index in [1.807, 2.05) is 4.90 Å². The largest absolute Gasteiger partial charge is 0.383 e. The van der Waals surface area contributed by atoms with Crippen LogP contribution in [0.3, 0.4) is 0 Å². The Balaban J connectivity index is 2.01. The van der Waals surface area contributed by atoms with Crippen LogP contribution in [0.5, 0.6) is 0 Å². The first-order chi connectivity index (χ1) is 9.75. The van der Waals surface area contributed by atoms with Crippen molar-refractivity contribution in [2.45, 2.75) is 0 Å². The van der Waals surface area contributed by atoms with Crippen LogP contribution < -0.4 is 21.5 Å². The molecular weight excluding hydrogens is 256 g/mol. The fourth-order valence-corrected chi connectivity index (χ4v) is 2.29. The number of rotatable bonds is 2. The van der Waals surface area contributed by atoms with Gasteiger partial charge in [-0.25, -0.2) is 0 Å². The van der Waals surface area contributed by atoms with Crippen molar-refractivity contribution in [1.82, 2.24) is 20.3 Å². The number of aromatic nitrogens is 3. The van der Waals surface area contributed by atoms with E-state index in [2.05, 4.69) is 20.3 Å². The van der Waals surface area contributed by atoms with Crippen molar-refractivity contribution in [3.8, 4) is 11.1 Å². The number of hydrogen-bond donors (Lipinski definition) is 3. The molecule has 0 saturated carbocycles. The molecule has 7 heteroatoms. The number of piperazine rings is 1. The Morgan fingerprint density at radius 2 is 2.10 bits per heavy atom. The number of nitrogens with zero attached hydrogens (tertiary/aromatic N) is 3. The molecule has 104 valence electrons. The Hall–Kier alpha value is -2.41. The van der Waals surface area contributed by atoms with E-state index >= 15 is 0 Å². The molecule has 2 aromatic rings. The monoisotopic (exact) mass is 272 g/mol. The third kappa shape index (κ3) is 2.35. The predicted octanol–water partition coefficient (Wildman–Crippen LogP) is -0.176. The average Bonchev–Trinajstić information content (AvgIpc) is 2.48. The number of anilines is 2. The van der Waals surface area contributed by atoms with Crippen molar-refractivity contribution in [3.05, 3.63) is 34.9 Å². The zero-order chi connectivity index (χ0) is 13.9. The summed E-state index contributed by atoms with van der Waals surface area (Å²) < 4.78 is 0. The highest BCUT2D eigenvalue weighted by Crippen LogP contribution is 2.20. The SMILES string of the molecule is Nc1nc(N2CCNCC2)[nH]c(=O)c1-c1cccnc1. The van der Waals surface area contributed by atoms with Gasteiger partial charge in [0.1, 0.15) is 5.82 Å². The van der Waals surface area contributed by atoms with E-state index in [9.17, 15) is 4.79 Å². The normalized spacial score (nSPS) is 15.3. The van der Waals surface area contributed by atoms with Crippen LogP contribution in [0.2, 0.25) is 0 Å². The van der Waals surface area contributed by atoms with E-state index in [4.69, 9.17) is 5.73 Å². The second kappa shape index (κ2) is 5.30. The lowest BCUT2D eigenvalue weighted by atomic mass is 10.1. The smallest absolute Gasteiger partial charge is 0.262 e. The van der Waals surface area contributed by atoms with Crippen molar-refractivity contribution in [2.75, 3.05) is 36.8 Å². The molecule has 1 aliphatic heterocycles. The van der Waals surface area contributed by atoms with Crippen molar-refractivity contribution in [3.63, 3.8) is 0 Å². The molecule has 2 aromatic heterocycles. The highest BCUT2D eigenvalue weighted by molar-refractivity contribution is 5.72. The van der Waals surface area contributed by atoms with E-state index in [1.54, 1.807) is 24.5 Å². The van der Waals surface area contributed by atoms with E-state index < -0.39 is 0 Å². The zero-order valence-corrected chi connectivity index (χ0v) is 11.0. The third-order valence-corrected chi connectivity index (χ3v) is 3.30. The molecule has 1 aliphatic rings. The molecule has 4 N–H and O–H groups in total. The van der Waals surface area contributed by atoms with E-state index in [0.29, 0.717) is 17.1 Å². The summed E-state index contributed by atoms with van der Waals surface area (Å²) in [5.74, 6) is 0.761. The van der Waals surface area contributed by atoms with Gasteiger partial charge in [-0.3, -0.25) is 14.8 Å². The average molecular weight is 272 g/mol. The fraction of sp³-hybridized carbons (Fsp3) is 0.308. The lowest BCUT2D eigenvalue weighted by Gasteiger charge is -2.28. The highest BCUT2D eigenvalue weighted by atomic mass is 16.1. The van der Waals surface area contributed by atoms with E-state index in [-0.39, 0.29) is 11.4 Å². The molecule has 0 radical (unpaired) electrons. The van der Waals surface area contributed by atoms with Gasteiger partial charge in [0, 0.05) is 44.1 Å². The summed E-state index contributed by atoms with van der Waals surface area (Å²) in [6, 6.07) is 3.55. The van der Waals surface area contributed by atoms with Gasteiger partial charge in [-0.2, -0.15) is 4.98 Å². The predicted molar refractivity (Wildman–Crippen MR) is 77.6 cm³/mol. The Labute approximate surface area is 115 Å². The van der Waals surface area contributed by atoms with Gasteiger partial charge in [0.25, 0.3) is 5.56 Å². The van der Waals surface area contributed by atoms with Gasteiger partial charge in [-0.15, -0.1) is 0 Å². The Bertz CT molecular complexity index is 648. The zero-order valence-electron chi connectivity index (χ0n) is 11.0. The van der Waals surface area contributed by atoms with Gasteiger partial charge < -0.3 is 16.0 Å². The van der Waals surface area contributed by atoms with Crippen LogP contribution in [0.25, 0.3) is 11.1 Å². The highest BCUT2D eigenvalue weighted by Gasteiger charge is 2.16. The third-order valence-electron chi connectivity index (χ3n) is 3.30. The number of nitrogens with two attached hydrogens (primary N) is 1. The maximum absolute atomic E-state index is 12.3. The molecule has 0 aliphatic carbocycles. The van der Waals surface area contributed by atoms with Gasteiger partial charge in [0.05, 0.1) is 5.56 Å². The van der Waals surface area contributed by atoms with Crippen LogP contribution in [0.15, 0.2) is 29.3 Å². The molecule has 3 heterocycles. The number of pyridine rings is 1. The number of nitrogens with one attached hydrogen (secondary N) is 2. The quantitative estimate of drug-likeness (QED) is 0.701. The first-order valence-electron chi connectivity index (χ1n) is 6.51. The first-order valence-corrected chi connectivity index (χ1v) is 6.51. The number of nitrogen functional groups attached to an aromatic ring is 1. The minimum Gasteiger partial charge on any atom is -0.383 e. The number of H-pyrrole nitrogens is 1. The lowest BCUT2D eigenvalue weighted by Crippen LogP contribution is -2.44. The molecule has 0 atom stereocenters. The molecule has 0 amide bonds. The van der Waals surface area contributed by atoms with E-state index in [0.717, 1.165) is 26.2 Å². The van der Waals surface area contributed by atoms with Crippen LogP contribution in [-0.2, 0) is 0 Å². The van der Waals surface area contributed by atoms with Crippen LogP contribution in [0.1, 0.15) is 0 Å². The second-order valence-corrected chi connectivity index (χ2v) is 4.63. The van der Waals surface area contributed by atoms with Crippen molar-refractivity contribution in [1.29, 1.82) is 0 Å². The standard InChI is InChI=1S/C13H16N6O/c14-11-10(9-2-1-3-16-8-9)12(20)18-13(17-11)19-6-4-15-5-7-19/h1-3,8,15H,4-7H2,(H3,14,17,18,20). The Morgan fingerprint density at radius 1 is 1.30 bits per heavy atom. The molecule has 3 rings (SSSR count). The lowest BCUT2D eigenvalue weighted by molar-refractivity contribution is 0.579. The summed E-state index contributed by atoms with van der Waals surface area (Å²) in [4.78, 5) is 25.4. The maximum Gasteiger partial charge on any atom is 0.262 e. The van der Waals surface area contributed by atoms with Crippen LogP contribution in [-0.4, -0.2) is 41.1 Å². The summed E-state index contributed by atoms with van der Waals surface area (Å²) in [5, 5.41) is 3.25. The van der Waals surface area contributed by atoms with Crippen LogP contribution in [0, 0.1) is 0 Å². The molecule has 0 unspecified atom stereocenters. The molecule has 1 fully saturated rings. The summed E-state index contributed by atoms with van der Waals surface area (Å²) in [5.41, 5.74) is 6.77. The molecule has 0 aromatic carbocycles. The number of aromatic amines is 1. The van der Waals surface area contributed by atoms with E-state index in [1.165, 1.54) is 0 Å². The van der Waals surface area contributed by atoms with Gasteiger partial charge in [-0.1, -0.05) is 6.07 Å². The Kier molecular flexibility index (Phi) is 3.34. The van der Waals surface area contributed by atoms with Crippen LogP contribution in [0.4, 0.5) is 11.8 Å². The van der Waals surface area contributed by atoms with Crippen molar-refractivity contribution < 1.29 is 0 Å². The Morgan fingerprint density at radius 3 is 2.75 bits per heavy atom. The molecule has 7 nitrogen and oxygen atoms in total. The molecule has 0 spiro atoms. The minimum atomic E-state index is -0.237. The number of hydrogen-bond acceptors (Lipinski definition) is 6. The topological polar surface area (TPSA) is 99.9 Å². The summed E-state index contributed by atoms with van der Waals surface area (Å²) >= 11 is 0. The summed E-state index contributed by atoms with van der Waals surface area (Å²) in [6.07, 6.45) is 3.25. The van der Waals surface area contributed by atoms with Crippen molar-refractivity contribution in [2.24, 2.45) is 0 Å². The van der Waals surface area contributed by atoms with Gasteiger partial charge >= 0.3 is 0 Å². The van der Waals surface area contributed by atoms with Crippen molar-refractivity contribution >= 4 is 11.8 Å². The molecule has 0 bridgehead atoms. The van der Waals surface area contributed by atoms with Gasteiger partial charge in [-0.05, 0) is 6.07 Å². The molecule has 1 saturated heterocycles. The molecular formula is C13H16N6O. The van der Waals surface area contributed by atoms with Gasteiger partial charge in [0.2, 0.25) is 5.95 Å². The summed E-state index contributed by atoms with van der Waals surface area (Å²) in [7, 11) is 0. The van der Waals surface area contributed by atoms with Crippen LogP contribution >= 0.6 is 0 Å².